The lowest BCUT2D eigenvalue weighted by atomic mass is 9.65. The summed E-state index contributed by atoms with van der Waals surface area (Å²) in [6, 6.07) is 0. The van der Waals surface area contributed by atoms with Gasteiger partial charge in [0.1, 0.15) is 5.60 Å². The Bertz CT molecular complexity index is 303. The van der Waals surface area contributed by atoms with Gasteiger partial charge in [-0.1, -0.05) is 6.92 Å². The minimum Gasteiger partial charge on any atom is -0.390 e. The minimum absolute atomic E-state index is 0.0700. The van der Waals surface area contributed by atoms with Crippen molar-refractivity contribution in [3.63, 3.8) is 0 Å². The second-order valence-corrected chi connectivity index (χ2v) is 6.05. The zero-order valence-corrected chi connectivity index (χ0v) is 8.70. The molecule has 4 rings (SSSR count). The van der Waals surface area contributed by atoms with E-state index in [1.54, 1.807) is 0 Å². The summed E-state index contributed by atoms with van der Waals surface area (Å²) in [5.41, 5.74) is 0.305. The monoisotopic (exact) mass is 194 g/mol. The van der Waals surface area contributed by atoms with E-state index in [9.17, 15) is 5.11 Å². The molecule has 0 amide bonds. The van der Waals surface area contributed by atoms with E-state index in [0.29, 0.717) is 17.4 Å². The van der Waals surface area contributed by atoms with Gasteiger partial charge in [0.25, 0.3) is 0 Å². The largest absolute Gasteiger partial charge is 0.390 e. The summed E-state index contributed by atoms with van der Waals surface area (Å²) in [5, 5.41) is 10.2. The standard InChI is InChI=1S/C12H18O2/c1-7-4-9(13)12-10(14-12)5-8-2-3-11(7,12)6-8/h7-10,13H,2-6H2,1H3. The van der Waals surface area contributed by atoms with Gasteiger partial charge in [0, 0.05) is 5.41 Å². The highest BCUT2D eigenvalue weighted by Crippen LogP contribution is 2.74. The average Bonchev–Trinajstić information content (AvgIpc) is 2.71. The van der Waals surface area contributed by atoms with E-state index < -0.39 is 0 Å². The fourth-order valence-electron chi connectivity index (χ4n) is 5.10. The Hall–Kier alpha value is -0.0800. The highest BCUT2D eigenvalue weighted by molar-refractivity contribution is 5.28. The molecule has 2 bridgehead atoms. The smallest absolute Gasteiger partial charge is 0.126 e. The van der Waals surface area contributed by atoms with Crippen LogP contribution >= 0.6 is 0 Å². The van der Waals surface area contributed by atoms with E-state index >= 15 is 0 Å². The molecule has 1 N–H and O–H groups in total. The Labute approximate surface area is 84.6 Å². The van der Waals surface area contributed by atoms with Gasteiger partial charge >= 0.3 is 0 Å². The maximum absolute atomic E-state index is 10.2. The van der Waals surface area contributed by atoms with Gasteiger partial charge in [-0.2, -0.15) is 0 Å². The Balaban J connectivity index is 1.87. The highest BCUT2D eigenvalue weighted by atomic mass is 16.6. The summed E-state index contributed by atoms with van der Waals surface area (Å²) in [5.74, 6) is 1.58. The number of ether oxygens (including phenoxy) is 1. The van der Waals surface area contributed by atoms with E-state index in [1.165, 1.54) is 25.7 Å². The molecule has 78 valence electrons. The molecule has 3 saturated carbocycles. The summed E-state index contributed by atoms with van der Waals surface area (Å²) in [6.07, 6.45) is 6.49. The average molecular weight is 194 g/mol. The molecule has 3 aliphatic carbocycles. The molecule has 1 saturated heterocycles. The summed E-state index contributed by atoms with van der Waals surface area (Å²) >= 11 is 0. The van der Waals surface area contributed by atoms with Crippen molar-refractivity contribution in [3.8, 4) is 0 Å². The zero-order valence-electron chi connectivity index (χ0n) is 8.70. The Kier molecular flexibility index (Phi) is 1.19. The van der Waals surface area contributed by atoms with Crippen molar-refractivity contribution < 1.29 is 9.84 Å². The number of aliphatic hydroxyl groups excluding tert-OH is 1. The Morgan fingerprint density at radius 3 is 3.07 bits per heavy atom. The lowest BCUT2D eigenvalue weighted by Crippen LogP contribution is -2.44. The van der Waals surface area contributed by atoms with Crippen LogP contribution in [-0.4, -0.2) is 22.9 Å². The SMILES string of the molecule is CC1CC(O)C23OC2CC2CCC13C2. The van der Waals surface area contributed by atoms with E-state index in [4.69, 9.17) is 4.74 Å². The summed E-state index contributed by atoms with van der Waals surface area (Å²) in [6.45, 7) is 2.32. The van der Waals surface area contributed by atoms with Crippen LogP contribution in [0.2, 0.25) is 0 Å². The molecule has 6 atom stereocenters. The quantitative estimate of drug-likeness (QED) is 0.595. The van der Waals surface area contributed by atoms with Gasteiger partial charge in [-0.3, -0.25) is 0 Å². The molecule has 1 heterocycles. The molecule has 0 aromatic heterocycles. The second kappa shape index (κ2) is 2.05. The zero-order chi connectivity index (χ0) is 9.55. The molecule has 1 aliphatic heterocycles. The molecule has 2 spiro atoms. The normalized spacial score (nSPS) is 69.0. The Morgan fingerprint density at radius 1 is 1.36 bits per heavy atom. The molecule has 4 aliphatic rings. The van der Waals surface area contributed by atoms with Crippen LogP contribution in [0.3, 0.4) is 0 Å². The van der Waals surface area contributed by atoms with Crippen molar-refractivity contribution in [1.82, 2.24) is 0 Å². The molecular weight excluding hydrogens is 176 g/mol. The fourth-order valence-corrected chi connectivity index (χ4v) is 5.10. The molecule has 2 heteroatoms. The maximum Gasteiger partial charge on any atom is 0.126 e. The van der Waals surface area contributed by atoms with Gasteiger partial charge in [-0.05, 0) is 43.9 Å². The van der Waals surface area contributed by atoms with Gasteiger partial charge in [0.05, 0.1) is 12.2 Å². The van der Waals surface area contributed by atoms with Gasteiger partial charge < -0.3 is 9.84 Å². The number of epoxide rings is 1. The van der Waals surface area contributed by atoms with Gasteiger partial charge in [0.2, 0.25) is 0 Å². The number of hydrogen-bond donors (Lipinski definition) is 1. The summed E-state index contributed by atoms with van der Waals surface area (Å²) in [7, 11) is 0. The first-order chi connectivity index (χ1) is 6.69. The molecular formula is C12H18O2. The summed E-state index contributed by atoms with van der Waals surface area (Å²) < 4.78 is 5.95. The minimum atomic E-state index is -0.165. The van der Waals surface area contributed by atoms with Crippen LogP contribution in [-0.2, 0) is 4.74 Å². The molecule has 0 aromatic carbocycles. The number of fused-ring (bicyclic) bond motifs is 1. The van der Waals surface area contributed by atoms with Crippen molar-refractivity contribution in [2.45, 2.75) is 56.8 Å². The maximum atomic E-state index is 10.2. The number of rotatable bonds is 0. The van der Waals surface area contributed by atoms with Gasteiger partial charge in [0.15, 0.2) is 0 Å². The van der Waals surface area contributed by atoms with E-state index in [2.05, 4.69) is 6.92 Å². The van der Waals surface area contributed by atoms with Gasteiger partial charge in [-0.15, -0.1) is 0 Å². The second-order valence-electron chi connectivity index (χ2n) is 6.05. The topological polar surface area (TPSA) is 32.8 Å². The van der Waals surface area contributed by atoms with Crippen LogP contribution in [0, 0.1) is 17.3 Å². The number of aliphatic hydroxyl groups is 1. The molecule has 0 aromatic rings. The molecule has 14 heavy (non-hydrogen) atoms. The molecule has 2 nitrogen and oxygen atoms in total. The first-order valence-corrected chi connectivity index (χ1v) is 6.05. The molecule has 0 radical (unpaired) electrons. The number of hydrogen-bond acceptors (Lipinski definition) is 2. The fraction of sp³-hybridized carbons (Fsp3) is 1.00. The lowest BCUT2D eigenvalue weighted by Gasteiger charge is -2.37. The van der Waals surface area contributed by atoms with Gasteiger partial charge in [-0.25, -0.2) is 0 Å². The predicted octanol–water partition coefficient (Wildman–Crippen LogP) is 1.71. The van der Waals surface area contributed by atoms with E-state index in [-0.39, 0.29) is 11.7 Å². The third kappa shape index (κ3) is 0.594. The third-order valence-corrected chi connectivity index (χ3v) is 5.75. The molecule has 6 unspecified atom stereocenters. The van der Waals surface area contributed by atoms with Crippen LogP contribution in [0.1, 0.15) is 39.0 Å². The van der Waals surface area contributed by atoms with Crippen molar-refractivity contribution in [3.05, 3.63) is 0 Å². The van der Waals surface area contributed by atoms with Crippen LogP contribution in [0.15, 0.2) is 0 Å². The highest BCUT2D eigenvalue weighted by Gasteiger charge is 2.80. The first-order valence-electron chi connectivity index (χ1n) is 6.05. The predicted molar refractivity (Wildman–Crippen MR) is 51.8 cm³/mol. The first kappa shape index (κ1) is 8.12. The van der Waals surface area contributed by atoms with E-state index in [1.807, 2.05) is 0 Å². The van der Waals surface area contributed by atoms with Crippen LogP contribution in [0.25, 0.3) is 0 Å². The van der Waals surface area contributed by atoms with E-state index in [0.717, 1.165) is 12.3 Å². The van der Waals surface area contributed by atoms with Crippen LogP contribution < -0.4 is 0 Å². The van der Waals surface area contributed by atoms with Crippen LogP contribution in [0.4, 0.5) is 0 Å². The van der Waals surface area contributed by atoms with Crippen molar-refractivity contribution in [2.24, 2.45) is 17.3 Å². The lowest BCUT2D eigenvalue weighted by molar-refractivity contribution is 0.0289. The summed E-state index contributed by atoms with van der Waals surface area (Å²) in [4.78, 5) is 0. The Morgan fingerprint density at radius 2 is 2.21 bits per heavy atom. The van der Waals surface area contributed by atoms with Crippen LogP contribution in [0.5, 0.6) is 0 Å². The van der Waals surface area contributed by atoms with Crippen molar-refractivity contribution in [1.29, 1.82) is 0 Å². The third-order valence-electron chi connectivity index (χ3n) is 5.75. The molecule has 4 fully saturated rings. The van der Waals surface area contributed by atoms with Crippen molar-refractivity contribution in [2.75, 3.05) is 0 Å². The van der Waals surface area contributed by atoms with Crippen molar-refractivity contribution >= 4 is 0 Å².